The van der Waals surface area contributed by atoms with Crippen LogP contribution in [-0.4, -0.2) is 61.8 Å². The molecule has 1 N–H and O–H groups in total. The first-order valence-electron chi connectivity index (χ1n) is 11.8. The van der Waals surface area contributed by atoms with Crippen molar-refractivity contribution in [2.24, 2.45) is 14.1 Å². The zero-order chi connectivity index (χ0) is 25.7. The van der Waals surface area contributed by atoms with Crippen LogP contribution in [0.1, 0.15) is 6.42 Å². The summed E-state index contributed by atoms with van der Waals surface area (Å²) < 4.78 is 35.9. The van der Waals surface area contributed by atoms with Gasteiger partial charge in [0, 0.05) is 58.6 Å². The van der Waals surface area contributed by atoms with Crippen molar-refractivity contribution in [3.8, 4) is 5.75 Å². The third-order valence-corrected chi connectivity index (χ3v) is 7.64. The Balaban J connectivity index is 1.20. The van der Waals surface area contributed by atoms with Crippen molar-refractivity contribution in [1.82, 2.24) is 14.0 Å². The summed E-state index contributed by atoms with van der Waals surface area (Å²) in [6.07, 6.45) is 0.840. The number of benzene rings is 2. The van der Waals surface area contributed by atoms with Crippen LogP contribution < -0.4 is 25.6 Å². The van der Waals surface area contributed by atoms with Gasteiger partial charge in [0.1, 0.15) is 11.6 Å². The maximum atomic E-state index is 12.4. The summed E-state index contributed by atoms with van der Waals surface area (Å²) >= 11 is 0. The van der Waals surface area contributed by atoms with E-state index in [0.717, 1.165) is 43.7 Å². The van der Waals surface area contributed by atoms with Crippen LogP contribution in [0.4, 0.5) is 11.5 Å². The van der Waals surface area contributed by atoms with Gasteiger partial charge in [0.05, 0.1) is 11.5 Å². The molecule has 0 atom stereocenters. The lowest BCUT2D eigenvalue weighted by atomic mass is 10.3. The lowest BCUT2D eigenvalue weighted by Gasteiger charge is -2.36. The van der Waals surface area contributed by atoms with Gasteiger partial charge in [-0.05, 0) is 42.8 Å². The molecule has 1 aliphatic rings. The van der Waals surface area contributed by atoms with Gasteiger partial charge in [-0.1, -0.05) is 18.2 Å². The summed E-state index contributed by atoms with van der Waals surface area (Å²) in [6.45, 7) is 4.55. The molecule has 4 rings (SSSR count). The monoisotopic (exact) mass is 513 g/mol. The van der Waals surface area contributed by atoms with Gasteiger partial charge < -0.3 is 9.64 Å². The highest BCUT2D eigenvalue weighted by atomic mass is 32.2. The smallest absolute Gasteiger partial charge is 0.332 e. The standard InChI is InChI=1S/C25H31N5O5S/c1-27-23(19-24(31)28(2)25(27)32)30-16-14-29(15-17-30)13-6-18-35-21-11-9-20(10-12-21)26-36(33,34)22-7-4-3-5-8-22/h3-5,7-12,19,26H,6,13-18H2,1-2H3. The van der Waals surface area contributed by atoms with E-state index in [-0.39, 0.29) is 16.1 Å². The molecule has 0 bridgehead atoms. The van der Waals surface area contributed by atoms with Gasteiger partial charge >= 0.3 is 5.69 Å². The van der Waals surface area contributed by atoms with E-state index in [2.05, 4.69) is 14.5 Å². The molecule has 0 amide bonds. The van der Waals surface area contributed by atoms with Gasteiger partial charge in [-0.25, -0.2) is 13.2 Å². The summed E-state index contributed by atoms with van der Waals surface area (Å²) in [4.78, 5) is 28.8. The van der Waals surface area contributed by atoms with E-state index in [4.69, 9.17) is 4.74 Å². The maximum Gasteiger partial charge on any atom is 0.332 e. The predicted molar refractivity (Wildman–Crippen MR) is 139 cm³/mol. The van der Waals surface area contributed by atoms with Crippen molar-refractivity contribution < 1.29 is 13.2 Å². The van der Waals surface area contributed by atoms with E-state index in [1.54, 1.807) is 61.6 Å². The molecule has 0 aliphatic carbocycles. The van der Waals surface area contributed by atoms with Gasteiger partial charge in [0.25, 0.3) is 15.6 Å². The number of sulfonamides is 1. The van der Waals surface area contributed by atoms with Crippen LogP contribution in [0.25, 0.3) is 0 Å². The SMILES string of the molecule is Cn1c(N2CCN(CCCOc3ccc(NS(=O)(=O)c4ccccc4)cc3)CC2)cc(=O)n(C)c1=O. The molecular formula is C25H31N5O5S. The molecule has 1 saturated heterocycles. The van der Waals surface area contributed by atoms with Gasteiger partial charge in [0.15, 0.2) is 0 Å². The molecule has 1 aromatic heterocycles. The molecule has 1 fully saturated rings. The summed E-state index contributed by atoms with van der Waals surface area (Å²) in [7, 11) is -0.455. The first-order chi connectivity index (χ1) is 17.2. The predicted octanol–water partition coefficient (Wildman–Crippen LogP) is 1.48. The Bertz CT molecular complexity index is 1390. The minimum absolute atomic E-state index is 0.211. The number of hydrogen-bond acceptors (Lipinski definition) is 7. The molecule has 0 unspecified atom stereocenters. The van der Waals surface area contributed by atoms with E-state index < -0.39 is 10.0 Å². The molecule has 11 heteroatoms. The summed E-state index contributed by atoms with van der Waals surface area (Å²) in [6, 6.07) is 16.6. The molecule has 192 valence electrons. The molecule has 2 heterocycles. The second-order valence-electron chi connectivity index (χ2n) is 8.72. The van der Waals surface area contributed by atoms with E-state index in [0.29, 0.717) is 23.9 Å². The van der Waals surface area contributed by atoms with Gasteiger partial charge in [-0.2, -0.15) is 0 Å². The van der Waals surface area contributed by atoms with Gasteiger partial charge in [-0.3, -0.25) is 23.6 Å². The summed E-state index contributed by atoms with van der Waals surface area (Å²) in [5, 5.41) is 0. The largest absolute Gasteiger partial charge is 0.494 e. The fraction of sp³-hybridized carbons (Fsp3) is 0.360. The lowest BCUT2D eigenvalue weighted by molar-refractivity contribution is 0.224. The van der Waals surface area contributed by atoms with Crippen LogP contribution in [0.3, 0.4) is 0 Å². The highest BCUT2D eigenvalue weighted by Gasteiger charge is 2.20. The quantitative estimate of drug-likeness (QED) is 0.432. The molecule has 0 saturated carbocycles. The van der Waals surface area contributed by atoms with Crippen molar-refractivity contribution in [3.05, 3.63) is 81.5 Å². The average molecular weight is 514 g/mol. The molecule has 2 aromatic carbocycles. The Morgan fingerprint density at radius 1 is 0.889 bits per heavy atom. The van der Waals surface area contributed by atoms with Crippen LogP contribution in [0, 0.1) is 0 Å². The van der Waals surface area contributed by atoms with E-state index in [9.17, 15) is 18.0 Å². The number of nitrogens with zero attached hydrogens (tertiary/aromatic N) is 4. The number of piperazine rings is 1. The first kappa shape index (κ1) is 25.5. The average Bonchev–Trinajstić information content (AvgIpc) is 2.89. The van der Waals surface area contributed by atoms with Crippen LogP contribution in [0.5, 0.6) is 5.75 Å². The Morgan fingerprint density at radius 2 is 1.56 bits per heavy atom. The zero-order valence-electron chi connectivity index (χ0n) is 20.5. The second-order valence-corrected chi connectivity index (χ2v) is 10.4. The molecule has 1 aliphatic heterocycles. The lowest BCUT2D eigenvalue weighted by Crippen LogP contribution is -2.49. The third-order valence-electron chi connectivity index (χ3n) is 6.24. The minimum atomic E-state index is -3.62. The Morgan fingerprint density at radius 3 is 2.22 bits per heavy atom. The van der Waals surface area contributed by atoms with Crippen molar-refractivity contribution in [2.45, 2.75) is 11.3 Å². The van der Waals surface area contributed by atoms with Crippen molar-refractivity contribution in [2.75, 3.05) is 49.0 Å². The van der Waals surface area contributed by atoms with Crippen molar-refractivity contribution in [1.29, 1.82) is 0 Å². The number of aromatic nitrogens is 2. The Labute approximate surface area is 210 Å². The van der Waals surface area contributed by atoms with E-state index in [1.165, 1.54) is 17.7 Å². The first-order valence-corrected chi connectivity index (χ1v) is 13.3. The van der Waals surface area contributed by atoms with Crippen LogP contribution >= 0.6 is 0 Å². The van der Waals surface area contributed by atoms with Crippen molar-refractivity contribution in [3.63, 3.8) is 0 Å². The van der Waals surface area contributed by atoms with Gasteiger partial charge in [0.2, 0.25) is 0 Å². The molecule has 3 aromatic rings. The normalized spacial score (nSPS) is 14.6. The molecule has 0 radical (unpaired) electrons. The molecule has 10 nitrogen and oxygen atoms in total. The Hall–Kier alpha value is -3.57. The van der Waals surface area contributed by atoms with E-state index >= 15 is 0 Å². The number of ether oxygens (including phenoxy) is 1. The topological polar surface area (TPSA) is 106 Å². The van der Waals surface area contributed by atoms with Crippen LogP contribution in [-0.2, 0) is 24.1 Å². The number of hydrogen-bond donors (Lipinski definition) is 1. The minimum Gasteiger partial charge on any atom is -0.494 e. The van der Waals surface area contributed by atoms with Crippen molar-refractivity contribution >= 4 is 21.5 Å². The van der Waals surface area contributed by atoms with Crippen LogP contribution in [0.2, 0.25) is 0 Å². The third kappa shape index (κ3) is 5.97. The zero-order valence-corrected chi connectivity index (χ0v) is 21.3. The second kappa shape index (κ2) is 11.0. The van der Waals surface area contributed by atoms with Crippen LogP contribution in [0.15, 0.2) is 75.1 Å². The Kier molecular flexibility index (Phi) is 7.80. The highest BCUT2D eigenvalue weighted by Crippen LogP contribution is 2.20. The van der Waals surface area contributed by atoms with Gasteiger partial charge in [-0.15, -0.1) is 0 Å². The summed E-state index contributed by atoms with van der Waals surface area (Å²) in [5.41, 5.74) is -0.147. The number of anilines is 2. The fourth-order valence-electron chi connectivity index (χ4n) is 4.14. The molecule has 0 spiro atoms. The molecular weight excluding hydrogens is 482 g/mol. The molecule has 36 heavy (non-hydrogen) atoms. The number of rotatable bonds is 9. The fourth-order valence-corrected chi connectivity index (χ4v) is 5.22. The van der Waals surface area contributed by atoms with E-state index in [1.807, 2.05) is 0 Å². The maximum absolute atomic E-state index is 12.4. The highest BCUT2D eigenvalue weighted by molar-refractivity contribution is 7.92. The number of nitrogens with one attached hydrogen (secondary N) is 1. The summed E-state index contributed by atoms with van der Waals surface area (Å²) in [5.74, 6) is 1.33.